The maximum atomic E-state index is 8.79. The van der Waals surface area contributed by atoms with Crippen LogP contribution in [0.2, 0.25) is 0 Å². The van der Waals surface area contributed by atoms with Crippen LogP contribution in [0.5, 0.6) is 0 Å². The summed E-state index contributed by atoms with van der Waals surface area (Å²) in [5.41, 5.74) is 8.50. The van der Waals surface area contributed by atoms with Crippen LogP contribution in [-0.2, 0) is 0 Å². The van der Waals surface area contributed by atoms with Crippen molar-refractivity contribution in [3.8, 4) is 6.07 Å². The number of benzene rings is 1. The number of fused-ring (bicyclic) bond motifs is 1. The molecule has 0 saturated carbocycles. The van der Waals surface area contributed by atoms with E-state index in [0.717, 1.165) is 23.1 Å². The average molecular weight is 254 g/mol. The van der Waals surface area contributed by atoms with E-state index in [0.29, 0.717) is 18.2 Å². The molecule has 2 rings (SSSR count). The van der Waals surface area contributed by atoms with E-state index in [1.807, 2.05) is 24.3 Å². The minimum atomic E-state index is 0.330. The number of hydrogen-bond acceptors (Lipinski definition) is 4. The summed E-state index contributed by atoms with van der Waals surface area (Å²) in [4.78, 5) is 6.58. The number of pyridine rings is 1. The first-order valence-corrected chi connectivity index (χ1v) is 6.41. The van der Waals surface area contributed by atoms with E-state index in [4.69, 9.17) is 11.0 Å². The summed E-state index contributed by atoms with van der Waals surface area (Å²) in [6, 6.07) is 10.3. The van der Waals surface area contributed by atoms with Gasteiger partial charge in [-0.1, -0.05) is 0 Å². The van der Waals surface area contributed by atoms with Crippen LogP contribution in [-0.4, -0.2) is 17.6 Å². The van der Waals surface area contributed by atoms with Crippen molar-refractivity contribution in [3.63, 3.8) is 0 Å². The zero-order valence-corrected chi connectivity index (χ0v) is 11.3. The van der Waals surface area contributed by atoms with E-state index in [-0.39, 0.29) is 0 Å². The van der Waals surface area contributed by atoms with E-state index in [1.54, 1.807) is 6.20 Å². The maximum Gasteiger partial charge on any atom is 0.0743 e. The van der Waals surface area contributed by atoms with E-state index in [9.17, 15) is 0 Å². The topological polar surface area (TPSA) is 65.9 Å². The Balaban J connectivity index is 2.50. The van der Waals surface area contributed by atoms with Crippen LogP contribution in [0.4, 0.5) is 11.4 Å². The zero-order chi connectivity index (χ0) is 13.8. The third kappa shape index (κ3) is 2.76. The highest BCUT2D eigenvalue weighted by atomic mass is 15.2. The molecule has 0 spiro atoms. The molecule has 0 aliphatic rings. The highest BCUT2D eigenvalue weighted by Gasteiger charge is 2.13. The third-order valence-corrected chi connectivity index (χ3v) is 3.14. The quantitative estimate of drug-likeness (QED) is 0.852. The monoisotopic (exact) mass is 254 g/mol. The summed E-state index contributed by atoms with van der Waals surface area (Å²) in [6.45, 7) is 4.97. The minimum Gasteiger partial charge on any atom is -0.399 e. The number of rotatable bonds is 4. The van der Waals surface area contributed by atoms with Crippen molar-refractivity contribution in [1.29, 1.82) is 5.26 Å². The van der Waals surface area contributed by atoms with Crippen molar-refractivity contribution in [3.05, 3.63) is 30.5 Å². The van der Waals surface area contributed by atoms with Gasteiger partial charge in [0.1, 0.15) is 0 Å². The van der Waals surface area contributed by atoms with Crippen LogP contribution in [0.3, 0.4) is 0 Å². The molecular weight excluding hydrogens is 236 g/mol. The average Bonchev–Trinajstić information content (AvgIpc) is 2.38. The lowest BCUT2D eigenvalue weighted by Gasteiger charge is -2.29. The van der Waals surface area contributed by atoms with Gasteiger partial charge in [-0.25, -0.2) is 0 Å². The lowest BCUT2D eigenvalue weighted by atomic mass is 10.1. The first kappa shape index (κ1) is 13.2. The molecular formula is C15H18N4. The molecule has 1 aromatic heterocycles. The molecule has 0 aliphatic heterocycles. The van der Waals surface area contributed by atoms with Crippen LogP contribution in [0.1, 0.15) is 20.3 Å². The fraction of sp³-hybridized carbons (Fsp3) is 0.333. The molecule has 1 aromatic carbocycles. The van der Waals surface area contributed by atoms with Gasteiger partial charge in [0.25, 0.3) is 0 Å². The summed E-state index contributed by atoms with van der Waals surface area (Å²) in [6.07, 6.45) is 2.30. The second-order valence-electron chi connectivity index (χ2n) is 4.80. The second kappa shape index (κ2) is 5.57. The van der Waals surface area contributed by atoms with Crippen LogP contribution in [0.15, 0.2) is 30.5 Å². The Bertz CT molecular complexity index is 613. The number of anilines is 2. The van der Waals surface area contributed by atoms with Gasteiger partial charge in [0, 0.05) is 35.5 Å². The van der Waals surface area contributed by atoms with Gasteiger partial charge in [-0.15, -0.1) is 0 Å². The van der Waals surface area contributed by atoms with Gasteiger partial charge >= 0.3 is 0 Å². The number of nitrogens with two attached hydrogens (primary N) is 1. The lowest BCUT2D eigenvalue weighted by Crippen LogP contribution is -2.31. The van der Waals surface area contributed by atoms with Crippen molar-refractivity contribution in [2.45, 2.75) is 26.3 Å². The predicted octanol–water partition coefficient (Wildman–Crippen LogP) is 2.95. The SMILES string of the molecule is CC(C)N(CCC#N)c1ccnc2cc(N)ccc12. The number of hydrogen-bond donors (Lipinski definition) is 1. The van der Waals surface area contributed by atoms with Gasteiger partial charge in [-0.05, 0) is 38.1 Å². The summed E-state index contributed by atoms with van der Waals surface area (Å²) in [7, 11) is 0. The van der Waals surface area contributed by atoms with Crippen molar-refractivity contribution >= 4 is 22.3 Å². The van der Waals surface area contributed by atoms with Gasteiger partial charge in [-0.2, -0.15) is 5.26 Å². The van der Waals surface area contributed by atoms with Crippen molar-refractivity contribution in [1.82, 2.24) is 4.98 Å². The van der Waals surface area contributed by atoms with E-state index < -0.39 is 0 Å². The van der Waals surface area contributed by atoms with E-state index >= 15 is 0 Å². The summed E-state index contributed by atoms with van der Waals surface area (Å²) in [5, 5.41) is 9.86. The zero-order valence-electron chi connectivity index (χ0n) is 11.3. The van der Waals surface area contributed by atoms with Crippen LogP contribution in [0.25, 0.3) is 10.9 Å². The number of aromatic nitrogens is 1. The van der Waals surface area contributed by atoms with Gasteiger partial charge in [0.2, 0.25) is 0 Å². The smallest absolute Gasteiger partial charge is 0.0743 e. The molecule has 2 aromatic rings. The van der Waals surface area contributed by atoms with Gasteiger partial charge in [0.05, 0.1) is 18.0 Å². The first-order valence-electron chi connectivity index (χ1n) is 6.41. The van der Waals surface area contributed by atoms with E-state index in [1.165, 1.54) is 0 Å². The Labute approximate surface area is 113 Å². The number of nitrogens with zero attached hydrogens (tertiary/aromatic N) is 3. The fourth-order valence-corrected chi connectivity index (χ4v) is 2.23. The lowest BCUT2D eigenvalue weighted by molar-refractivity contribution is 0.689. The Morgan fingerprint density at radius 1 is 1.37 bits per heavy atom. The Morgan fingerprint density at radius 3 is 2.84 bits per heavy atom. The summed E-state index contributed by atoms with van der Waals surface area (Å²) >= 11 is 0. The normalized spacial score (nSPS) is 10.6. The summed E-state index contributed by atoms with van der Waals surface area (Å²) < 4.78 is 0. The van der Waals surface area contributed by atoms with Crippen LogP contribution >= 0.6 is 0 Å². The molecule has 0 atom stereocenters. The molecule has 0 saturated heterocycles. The predicted molar refractivity (Wildman–Crippen MR) is 78.9 cm³/mol. The highest BCUT2D eigenvalue weighted by molar-refractivity contribution is 5.93. The standard InChI is InChI=1S/C15H18N4/c1-11(2)19(9-3-7-16)15-6-8-18-14-10-12(17)4-5-13(14)15/h4-6,8,10-11H,3,9,17H2,1-2H3. The molecule has 0 fully saturated rings. The third-order valence-electron chi connectivity index (χ3n) is 3.14. The van der Waals surface area contributed by atoms with Crippen molar-refractivity contribution in [2.75, 3.05) is 17.2 Å². The molecule has 4 nitrogen and oxygen atoms in total. The fourth-order valence-electron chi connectivity index (χ4n) is 2.23. The molecule has 0 amide bonds. The summed E-state index contributed by atoms with van der Waals surface area (Å²) in [5.74, 6) is 0. The molecule has 19 heavy (non-hydrogen) atoms. The Kier molecular flexibility index (Phi) is 3.86. The molecule has 0 radical (unpaired) electrons. The Hall–Kier alpha value is -2.28. The molecule has 0 bridgehead atoms. The molecule has 2 N–H and O–H groups in total. The maximum absolute atomic E-state index is 8.79. The first-order chi connectivity index (χ1) is 9.13. The van der Waals surface area contributed by atoms with Crippen molar-refractivity contribution in [2.24, 2.45) is 0 Å². The van der Waals surface area contributed by atoms with Gasteiger partial charge in [-0.3, -0.25) is 4.98 Å². The molecule has 4 heteroatoms. The largest absolute Gasteiger partial charge is 0.399 e. The molecule has 1 heterocycles. The van der Waals surface area contributed by atoms with Gasteiger partial charge in [0.15, 0.2) is 0 Å². The van der Waals surface area contributed by atoms with Crippen molar-refractivity contribution < 1.29 is 0 Å². The van der Waals surface area contributed by atoms with Gasteiger partial charge < -0.3 is 10.6 Å². The molecule has 0 unspecified atom stereocenters. The van der Waals surface area contributed by atoms with Crippen LogP contribution < -0.4 is 10.6 Å². The van der Waals surface area contributed by atoms with E-state index in [2.05, 4.69) is 29.8 Å². The number of nitriles is 1. The second-order valence-corrected chi connectivity index (χ2v) is 4.80. The Morgan fingerprint density at radius 2 is 2.16 bits per heavy atom. The number of nitrogen functional groups attached to an aromatic ring is 1. The minimum absolute atomic E-state index is 0.330. The van der Waals surface area contributed by atoms with Crippen LogP contribution in [0, 0.1) is 11.3 Å². The molecule has 98 valence electrons. The highest BCUT2D eigenvalue weighted by Crippen LogP contribution is 2.28. The molecule has 0 aliphatic carbocycles.